The van der Waals surface area contributed by atoms with Gasteiger partial charge >= 0.3 is 0 Å². The first kappa shape index (κ1) is 12.1. The Labute approximate surface area is 92.5 Å². The molecule has 0 bridgehead atoms. The molecular formula is C11H12ClF2N. The van der Waals surface area contributed by atoms with E-state index in [0.29, 0.717) is 12.8 Å². The average Bonchev–Trinajstić information content (AvgIpc) is 2.21. The smallest absolute Gasteiger partial charge is 0.142 e. The number of rotatable bonds is 4. The van der Waals surface area contributed by atoms with Crippen molar-refractivity contribution in [2.75, 3.05) is 0 Å². The molecule has 0 unspecified atom stereocenters. The molecule has 1 atom stereocenters. The van der Waals surface area contributed by atoms with E-state index < -0.39 is 17.7 Å². The quantitative estimate of drug-likeness (QED) is 0.622. The molecule has 0 spiro atoms. The van der Waals surface area contributed by atoms with Gasteiger partial charge in [-0.15, -0.1) is 6.58 Å². The van der Waals surface area contributed by atoms with Crippen LogP contribution < -0.4 is 5.73 Å². The fourth-order valence-electron chi connectivity index (χ4n) is 1.32. The number of allylic oxidation sites excluding steroid dienone is 1. The minimum atomic E-state index is -0.651. The monoisotopic (exact) mass is 231 g/mol. The molecule has 0 aliphatic heterocycles. The molecule has 1 rings (SSSR count). The molecule has 82 valence electrons. The Bertz CT molecular complexity index is 366. The van der Waals surface area contributed by atoms with Crippen LogP contribution in [-0.2, 0) is 0 Å². The van der Waals surface area contributed by atoms with Gasteiger partial charge in [0.15, 0.2) is 0 Å². The lowest BCUT2D eigenvalue weighted by molar-refractivity contribution is 0.550. The molecule has 1 nitrogen and oxygen atoms in total. The van der Waals surface area contributed by atoms with Crippen LogP contribution in [0.5, 0.6) is 0 Å². The Hall–Kier alpha value is -0.930. The summed E-state index contributed by atoms with van der Waals surface area (Å²) in [6, 6.07) is 1.41. The molecule has 2 N–H and O–H groups in total. The van der Waals surface area contributed by atoms with E-state index in [-0.39, 0.29) is 10.6 Å². The highest BCUT2D eigenvalue weighted by Gasteiger charge is 2.17. The van der Waals surface area contributed by atoms with Crippen LogP contribution in [0.3, 0.4) is 0 Å². The zero-order valence-corrected chi connectivity index (χ0v) is 8.90. The Morgan fingerprint density at radius 1 is 1.40 bits per heavy atom. The standard InChI is InChI=1S/C11H12ClF2N/c1-2-3-4-9(15)10-7(13)5-6-8(14)11(10)12/h2,5-6,9H,1,3-4,15H2/t9-/m0/s1. The number of halogens is 3. The van der Waals surface area contributed by atoms with Crippen molar-refractivity contribution in [2.24, 2.45) is 5.73 Å². The highest BCUT2D eigenvalue weighted by atomic mass is 35.5. The van der Waals surface area contributed by atoms with Crippen LogP contribution >= 0.6 is 11.6 Å². The van der Waals surface area contributed by atoms with Gasteiger partial charge < -0.3 is 5.73 Å². The van der Waals surface area contributed by atoms with E-state index in [2.05, 4.69) is 6.58 Å². The van der Waals surface area contributed by atoms with Crippen molar-refractivity contribution in [3.63, 3.8) is 0 Å². The molecule has 15 heavy (non-hydrogen) atoms. The fourth-order valence-corrected chi connectivity index (χ4v) is 1.62. The topological polar surface area (TPSA) is 26.0 Å². The van der Waals surface area contributed by atoms with Gasteiger partial charge in [0.1, 0.15) is 11.6 Å². The molecule has 0 fully saturated rings. The summed E-state index contributed by atoms with van der Waals surface area (Å²) in [6.07, 6.45) is 2.79. The number of benzene rings is 1. The van der Waals surface area contributed by atoms with Crippen LogP contribution in [0.15, 0.2) is 24.8 Å². The van der Waals surface area contributed by atoms with Crippen molar-refractivity contribution >= 4 is 11.6 Å². The van der Waals surface area contributed by atoms with Crippen molar-refractivity contribution in [1.82, 2.24) is 0 Å². The third-order valence-electron chi connectivity index (χ3n) is 2.13. The minimum Gasteiger partial charge on any atom is -0.324 e. The summed E-state index contributed by atoms with van der Waals surface area (Å²) in [5.74, 6) is -1.22. The maximum Gasteiger partial charge on any atom is 0.142 e. The maximum absolute atomic E-state index is 13.4. The molecule has 0 saturated carbocycles. The van der Waals surface area contributed by atoms with Gasteiger partial charge in [0.05, 0.1) is 5.02 Å². The fraction of sp³-hybridized carbons (Fsp3) is 0.273. The second kappa shape index (κ2) is 5.24. The minimum absolute atomic E-state index is 0.0403. The van der Waals surface area contributed by atoms with Crippen LogP contribution in [0.25, 0.3) is 0 Å². The van der Waals surface area contributed by atoms with E-state index >= 15 is 0 Å². The van der Waals surface area contributed by atoms with Gasteiger partial charge in [0.25, 0.3) is 0 Å². The molecule has 0 saturated heterocycles. The van der Waals surface area contributed by atoms with E-state index in [9.17, 15) is 8.78 Å². The second-order valence-electron chi connectivity index (χ2n) is 3.23. The summed E-state index contributed by atoms with van der Waals surface area (Å²) in [5.41, 5.74) is 5.75. The van der Waals surface area contributed by atoms with Gasteiger partial charge in [-0.2, -0.15) is 0 Å². The zero-order chi connectivity index (χ0) is 11.4. The van der Waals surface area contributed by atoms with Crippen molar-refractivity contribution in [3.8, 4) is 0 Å². The lowest BCUT2D eigenvalue weighted by atomic mass is 10.0. The second-order valence-corrected chi connectivity index (χ2v) is 3.61. The predicted octanol–water partition coefficient (Wildman–Crippen LogP) is 3.58. The molecular weight excluding hydrogens is 220 g/mol. The van der Waals surface area contributed by atoms with E-state index in [4.69, 9.17) is 17.3 Å². The van der Waals surface area contributed by atoms with Gasteiger partial charge in [-0.3, -0.25) is 0 Å². The SMILES string of the molecule is C=CCC[C@H](N)c1c(F)ccc(F)c1Cl. The first-order valence-corrected chi connectivity index (χ1v) is 4.95. The van der Waals surface area contributed by atoms with Gasteiger partial charge in [-0.1, -0.05) is 17.7 Å². The zero-order valence-electron chi connectivity index (χ0n) is 8.14. The normalized spacial score (nSPS) is 12.5. The molecule has 0 aliphatic rings. The lowest BCUT2D eigenvalue weighted by Crippen LogP contribution is -2.13. The Morgan fingerprint density at radius 3 is 2.60 bits per heavy atom. The van der Waals surface area contributed by atoms with Gasteiger partial charge in [0.2, 0.25) is 0 Å². The number of hydrogen-bond donors (Lipinski definition) is 1. The van der Waals surface area contributed by atoms with Crippen molar-refractivity contribution in [3.05, 3.63) is 47.0 Å². The van der Waals surface area contributed by atoms with E-state index in [1.807, 2.05) is 0 Å². The summed E-state index contributed by atoms with van der Waals surface area (Å²) in [7, 11) is 0. The van der Waals surface area contributed by atoms with Gasteiger partial charge in [-0.25, -0.2) is 8.78 Å². The van der Waals surface area contributed by atoms with Crippen LogP contribution in [0.2, 0.25) is 5.02 Å². The summed E-state index contributed by atoms with van der Waals surface area (Å²) in [6.45, 7) is 3.53. The summed E-state index contributed by atoms with van der Waals surface area (Å²) < 4.78 is 26.4. The molecule has 0 heterocycles. The van der Waals surface area contributed by atoms with E-state index in [1.165, 1.54) is 0 Å². The molecule has 4 heteroatoms. The van der Waals surface area contributed by atoms with Crippen molar-refractivity contribution in [1.29, 1.82) is 0 Å². The summed E-state index contributed by atoms with van der Waals surface area (Å²) in [5, 5.41) is -0.230. The Balaban J connectivity index is 3.01. The highest BCUT2D eigenvalue weighted by molar-refractivity contribution is 6.31. The van der Waals surface area contributed by atoms with E-state index in [0.717, 1.165) is 12.1 Å². The van der Waals surface area contributed by atoms with Crippen LogP contribution in [0.4, 0.5) is 8.78 Å². The largest absolute Gasteiger partial charge is 0.324 e. The summed E-state index contributed by atoms with van der Waals surface area (Å²) in [4.78, 5) is 0. The molecule has 0 aromatic heterocycles. The molecule has 1 aromatic carbocycles. The van der Waals surface area contributed by atoms with Crippen LogP contribution in [-0.4, -0.2) is 0 Å². The molecule has 1 aromatic rings. The molecule has 0 aliphatic carbocycles. The highest BCUT2D eigenvalue weighted by Crippen LogP contribution is 2.29. The van der Waals surface area contributed by atoms with Crippen molar-refractivity contribution in [2.45, 2.75) is 18.9 Å². The van der Waals surface area contributed by atoms with E-state index in [1.54, 1.807) is 6.08 Å². The number of nitrogens with two attached hydrogens (primary N) is 1. The lowest BCUT2D eigenvalue weighted by Gasteiger charge is -2.13. The maximum atomic E-state index is 13.4. The molecule has 0 radical (unpaired) electrons. The van der Waals surface area contributed by atoms with Gasteiger partial charge in [-0.05, 0) is 25.0 Å². The Morgan fingerprint density at radius 2 is 2.00 bits per heavy atom. The Kier molecular flexibility index (Phi) is 4.24. The third-order valence-corrected chi connectivity index (χ3v) is 2.52. The predicted molar refractivity (Wildman–Crippen MR) is 57.7 cm³/mol. The van der Waals surface area contributed by atoms with Crippen LogP contribution in [0.1, 0.15) is 24.4 Å². The van der Waals surface area contributed by atoms with Crippen molar-refractivity contribution < 1.29 is 8.78 Å². The third kappa shape index (κ3) is 2.76. The first-order valence-electron chi connectivity index (χ1n) is 4.57. The number of hydrogen-bond acceptors (Lipinski definition) is 1. The summed E-state index contributed by atoms with van der Waals surface area (Å²) >= 11 is 5.65. The van der Waals surface area contributed by atoms with Gasteiger partial charge in [0, 0.05) is 11.6 Å². The average molecular weight is 232 g/mol. The van der Waals surface area contributed by atoms with Crippen LogP contribution in [0, 0.1) is 11.6 Å². The first-order chi connectivity index (χ1) is 7.07. The molecule has 0 amide bonds.